The number of aliphatic imine (C=N–C) groups is 1. The molecule has 3 fully saturated rings. The molecule has 0 unspecified atom stereocenters. The molecule has 0 bridgehead atoms. The molecule has 3 aliphatic heterocycles. The van der Waals surface area contributed by atoms with Crippen molar-refractivity contribution in [2.24, 2.45) is 4.99 Å². The monoisotopic (exact) mass is 379 g/mol. The zero-order chi connectivity index (χ0) is 19.0. The van der Waals surface area contributed by atoms with Crippen molar-refractivity contribution < 1.29 is 9.53 Å². The van der Waals surface area contributed by atoms with Gasteiger partial charge in [-0.05, 0) is 58.5 Å². The second-order valence-electron chi connectivity index (χ2n) is 7.99. The van der Waals surface area contributed by atoms with Crippen molar-refractivity contribution in [3.63, 3.8) is 0 Å². The summed E-state index contributed by atoms with van der Waals surface area (Å²) in [7, 11) is 0. The molecule has 27 heavy (non-hydrogen) atoms. The number of nitrogens with one attached hydrogen (secondary N) is 2. The molecular weight excluding hydrogens is 342 g/mol. The predicted molar refractivity (Wildman–Crippen MR) is 108 cm³/mol. The van der Waals surface area contributed by atoms with Crippen LogP contribution < -0.4 is 10.6 Å². The fourth-order valence-electron chi connectivity index (χ4n) is 4.50. The van der Waals surface area contributed by atoms with Gasteiger partial charge in [-0.1, -0.05) is 0 Å². The number of hydrogen-bond acceptors (Lipinski definition) is 4. The summed E-state index contributed by atoms with van der Waals surface area (Å²) in [6.45, 7) is 10.5. The molecule has 7 nitrogen and oxygen atoms in total. The molecule has 7 heteroatoms. The largest absolute Gasteiger partial charge is 0.381 e. The Hall–Kier alpha value is -1.34. The fourth-order valence-corrected chi connectivity index (χ4v) is 4.50. The molecule has 3 heterocycles. The highest BCUT2D eigenvalue weighted by Crippen LogP contribution is 2.31. The van der Waals surface area contributed by atoms with Gasteiger partial charge in [0.25, 0.3) is 0 Å². The second-order valence-corrected chi connectivity index (χ2v) is 7.99. The van der Waals surface area contributed by atoms with E-state index in [1.54, 1.807) is 0 Å². The summed E-state index contributed by atoms with van der Waals surface area (Å²) in [4.78, 5) is 21.3. The van der Waals surface area contributed by atoms with Crippen LogP contribution in [-0.4, -0.2) is 86.2 Å². The van der Waals surface area contributed by atoms with Gasteiger partial charge in [-0.15, -0.1) is 0 Å². The summed E-state index contributed by atoms with van der Waals surface area (Å²) in [5.74, 6) is 1.21. The van der Waals surface area contributed by atoms with E-state index < -0.39 is 0 Å². The Labute approximate surface area is 163 Å². The first kappa shape index (κ1) is 20.4. The van der Waals surface area contributed by atoms with Crippen molar-refractivity contribution in [2.75, 3.05) is 59.0 Å². The van der Waals surface area contributed by atoms with Crippen LogP contribution in [0.2, 0.25) is 0 Å². The van der Waals surface area contributed by atoms with Crippen molar-refractivity contribution in [2.45, 2.75) is 57.4 Å². The van der Waals surface area contributed by atoms with Gasteiger partial charge in [-0.25, -0.2) is 0 Å². The van der Waals surface area contributed by atoms with Crippen molar-refractivity contribution >= 4 is 11.9 Å². The number of carbonyl (C=O) groups is 1. The van der Waals surface area contributed by atoms with Crippen LogP contribution in [0.5, 0.6) is 0 Å². The lowest BCUT2D eigenvalue weighted by atomic mass is 9.88. The van der Waals surface area contributed by atoms with Crippen LogP contribution >= 0.6 is 0 Å². The minimum absolute atomic E-state index is 0.166. The van der Waals surface area contributed by atoms with Crippen molar-refractivity contribution in [3.05, 3.63) is 0 Å². The zero-order valence-electron chi connectivity index (χ0n) is 17.0. The summed E-state index contributed by atoms with van der Waals surface area (Å²) in [6, 6.07) is 0. The van der Waals surface area contributed by atoms with Crippen LogP contribution in [0.1, 0.15) is 51.9 Å². The molecule has 154 valence electrons. The third-order valence-corrected chi connectivity index (χ3v) is 6.14. The van der Waals surface area contributed by atoms with Gasteiger partial charge in [0.15, 0.2) is 5.96 Å². The van der Waals surface area contributed by atoms with Gasteiger partial charge in [0.1, 0.15) is 0 Å². The maximum atomic E-state index is 11.7. The first-order chi connectivity index (χ1) is 13.2. The molecule has 3 aliphatic rings. The summed E-state index contributed by atoms with van der Waals surface area (Å²) >= 11 is 0. The smallest absolute Gasteiger partial charge is 0.222 e. The third kappa shape index (κ3) is 5.57. The van der Waals surface area contributed by atoms with Crippen molar-refractivity contribution in [1.29, 1.82) is 0 Å². The van der Waals surface area contributed by atoms with Crippen LogP contribution in [0.3, 0.4) is 0 Å². The lowest BCUT2D eigenvalue weighted by molar-refractivity contribution is -0.127. The van der Waals surface area contributed by atoms with E-state index in [-0.39, 0.29) is 5.54 Å². The van der Waals surface area contributed by atoms with Gasteiger partial charge in [-0.2, -0.15) is 0 Å². The average molecular weight is 380 g/mol. The number of likely N-dealkylation sites (tertiary alicyclic amines) is 2. The van der Waals surface area contributed by atoms with Gasteiger partial charge in [0.2, 0.25) is 5.91 Å². The quantitative estimate of drug-likeness (QED) is 0.377. The van der Waals surface area contributed by atoms with Crippen LogP contribution in [0.25, 0.3) is 0 Å². The molecule has 0 aliphatic carbocycles. The molecule has 0 saturated carbocycles. The topological polar surface area (TPSA) is 69.2 Å². The minimum atomic E-state index is 0.166. The average Bonchev–Trinajstić information content (AvgIpc) is 3.36. The third-order valence-electron chi connectivity index (χ3n) is 6.14. The molecule has 0 atom stereocenters. The van der Waals surface area contributed by atoms with E-state index in [0.29, 0.717) is 5.91 Å². The first-order valence-electron chi connectivity index (χ1n) is 10.9. The maximum Gasteiger partial charge on any atom is 0.222 e. The van der Waals surface area contributed by atoms with E-state index in [4.69, 9.17) is 9.73 Å². The zero-order valence-corrected chi connectivity index (χ0v) is 17.0. The molecule has 2 N–H and O–H groups in total. The molecule has 0 radical (unpaired) electrons. The van der Waals surface area contributed by atoms with Crippen molar-refractivity contribution in [3.8, 4) is 0 Å². The number of ether oxygens (including phenoxy) is 1. The maximum absolute atomic E-state index is 11.7. The molecule has 0 aromatic carbocycles. The van der Waals surface area contributed by atoms with E-state index in [2.05, 4.69) is 22.5 Å². The van der Waals surface area contributed by atoms with Gasteiger partial charge >= 0.3 is 0 Å². The molecular formula is C20H37N5O2. The minimum Gasteiger partial charge on any atom is -0.381 e. The van der Waals surface area contributed by atoms with E-state index in [1.165, 1.54) is 25.9 Å². The highest BCUT2D eigenvalue weighted by atomic mass is 16.5. The van der Waals surface area contributed by atoms with Gasteiger partial charge in [0.05, 0.1) is 6.54 Å². The number of amides is 1. The van der Waals surface area contributed by atoms with E-state index in [0.717, 1.165) is 84.0 Å². The Morgan fingerprint density at radius 1 is 1.15 bits per heavy atom. The molecule has 1 amide bonds. The van der Waals surface area contributed by atoms with E-state index in [9.17, 15) is 4.79 Å². The number of nitrogens with zero attached hydrogens (tertiary/aromatic N) is 3. The normalized spacial score (nSPS) is 23.8. The van der Waals surface area contributed by atoms with Crippen molar-refractivity contribution in [1.82, 2.24) is 20.4 Å². The second kappa shape index (κ2) is 10.3. The molecule has 0 aromatic rings. The number of carbonyl (C=O) groups excluding carboxylic acids is 1. The van der Waals surface area contributed by atoms with Gasteiger partial charge in [-0.3, -0.25) is 14.7 Å². The summed E-state index contributed by atoms with van der Waals surface area (Å²) in [5.41, 5.74) is 0.166. The molecule has 0 aromatic heterocycles. The summed E-state index contributed by atoms with van der Waals surface area (Å²) in [5, 5.41) is 6.83. The number of guanidine groups is 1. The highest BCUT2D eigenvalue weighted by Gasteiger charge is 2.39. The summed E-state index contributed by atoms with van der Waals surface area (Å²) in [6.07, 6.45) is 7.46. The van der Waals surface area contributed by atoms with E-state index in [1.807, 2.05) is 4.90 Å². The van der Waals surface area contributed by atoms with Crippen LogP contribution in [0, 0.1) is 0 Å². The van der Waals surface area contributed by atoms with Gasteiger partial charge in [0, 0.05) is 51.4 Å². The SMILES string of the molecule is CCNC(=NCC1(N2CCCC2)CCOCC1)NCCCN1CCCC1=O. The Bertz CT molecular complexity index is 499. The van der Waals surface area contributed by atoms with Crippen LogP contribution in [-0.2, 0) is 9.53 Å². The fraction of sp³-hybridized carbons (Fsp3) is 0.900. The number of rotatable bonds is 8. The highest BCUT2D eigenvalue weighted by molar-refractivity contribution is 5.80. The molecule has 0 spiro atoms. The lowest BCUT2D eigenvalue weighted by Gasteiger charge is -2.43. The number of hydrogen-bond donors (Lipinski definition) is 2. The Morgan fingerprint density at radius 3 is 2.59 bits per heavy atom. The Morgan fingerprint density at radius 2 is 1.93 bits per heavy atom. The predicted octanol–water partition coefficient (Wildman–Crippen LogP) is 1.20. The molecule has 3 saturated heterocycles. The van der Waals surface area contributed by atoms with Crippen LogP contribution in [0.15, 0.2) is 4.99 Å². The first-order valence-corrected chi connectivity index (χ1v) is 10.9. The van der Waals surface area contributed by atoms with Crippen LogP contribution in [0.4, 0.5) is 0 Å². The lowest BCUT2D eigenvalue weighted by Crippen LogP contribution is -2.54. The Balaban J connectivity index is 1.51. The van der Waals surface area contributed by atoms with Gasteiger partial charge < -0.3 is 20.3 Å². The van der Waals surface area contributed by atoms with E-state index >= 15 is 0 Å². The standard InChI is InChI=1S/C20H37N5O2/c1-2-21-19(22-10-6-12-24-11-5-7-18(24)26)23-17-20(8-15-27-16-9-20)25-13-3-4-14-25/h2-17H2,1H3,(H2,21,22,23). The summed E-state index contributed by atoms with van der Waals surface area (Å²) < 4.78 is 5.64. The Kier molecular flexibility index (Phi) is 7.76. The molecule has 3 rings (SSSR count).